The molecule has 4 nitrogen and oxygen atoms in total. The van der Waals surface area contributed by atoms with Crippen LogP contribution in [0.15, 0.2) is 71.1 Å². The minimum Gasteiger partial charge on any atom is -0.481 e. The summed E-state index contributed by atoms with van der Waals surface area (Å²) in [5.74, 6) is -0.913. The third-order valence-electron chi connectivity index (χ3n) is 6.12. The van der Waals surface area contributed by atoms with Gasteiger partial charge in [-0.2, -0.15) is 0 Å². The van der Waals surface area contributed by atoms with Crippen molar-refractivity contribution in [2.45, 2.75) is 19.9 Å². The van der Waals surface area contributed by atoms with Crippen molar-refractivity contribution in [3.63, 3.8) is 0 Å². The van der Waals surface area contributed by atoms with Gasteiger partial charge in [0.05, 0.1) is 11.5 Å². The number of carboxylic acids is 1. The first-order valence-electron chi connectivity index (χ1n) is 10.8. The summed E-state index contributed by atoms with van der Waals surface area (Å²) >= 11 is 0. The monoisotopic (exact) mass is 429 g/mol. The van der Waals surface area contributed by atoms with E-state index in [1.165, 1.54) is 22.8 Å². The van der Waals surface area contributed by atoms with Gasteiger partial charge in [-0.1, -0.05) is 42.0 Å². The molecule has 0 radical (unpaired) electrons. The summed E-state index contributed by atoms with van der Waals surface area (Å²) in [5.41, 5.74) is 5.65. The SMILES string of the molecule is Cc1ccc(Cc2ccc3oc(-c4ccc(CN5CC(C(=O)O)C5)cc4F)cc3c2)cc1. The van der Waals surface area contributed by atoms with Crippen LogP contribution in [0.5, 0.6) is 0 Å². The minimum absolute atomic E-state index is 0.314. The van der Waals surface area contributed by atoms with Crippen LogP contribution in [0.1, 0.15) is 22.3 Å². The van der Waals surface area contributed by atoms with Gasteiger partial charge in [0, 0.05) is 25.0 Å². The highest BCUT2D eigenvalue weighted by Crippen LogP contribution is 2.31. The molecule has 1 N–H and O–H groups in total. The van der Waals surface area contributed by atoms with Gasteiger partial charge in [0.15, 0.2) is 0 Å². The highest BCUT2D eigenvalue weighted by atomic mass is 19.1. The average Bonchev–Trinajstić information content (AvgIpc) is 3.15. The molecule has 0 spiro atoms. The molecule has 0 unspecified atom stereocenters. The number of benzene rings is 3. The van der Waals surface area contributed by atoms with Gasteiger partial charge in [0.2, 0.25) is 0 Å². The quantitative estimate of drug-likeness (QED) is 0.430. The van der Waals surface area contributed by atoms with Gasteiger partial charge in [-0.3, -0.25) is 9.69 Å². The predicted molar refractivity (Wildman–Crippen MR) is 122 cm³/mol. The molecule has 32 heavy (non-hydrogen) atoms. The maximum Gasteiger partial charge on any atom is 0.309 e. The van der Waals surface area contributed by atoms with Gasteiger partial charge in [-0.15, -0.1) is 0 Å². The molecule has 5 rings (SSSR count). The van der Waals surface area contributed by atoms with Gasteiger partial charge in [-0.25, -0.2) is 4.39 Å². The molecule has 2 heterocycles. The molecule has 0 aliphatic carbocycles. The fourth-order valence-electron chi connectivity index (χ4n) is 4.25. The summed E-state index contributed by atoms with van der Waals surface area (Å²) in [6.45, 7) is 3.64. The van der Waals surface area contributed by atoms with Crippen LogP contribution in [-0.2, 0) is 17.8 Å². The van der Waals surface area contributed by atoms with Gasteiger partial charge >= 0.3 is 5.97 Å². The lowest BCUT2D eigenvalue weighted by Crippen LogP contribution is -2.49. The zero-order valence-electron chi connectivity index (χ0n) is 17.8. The zero-order valence-corrected chi connectivity index (χ0v) is 17.8. The number of carbonyl (C=O) groups is 1. The normalized spacial score (nSPS) is 14.6. The van der Waals surface area contributed by atoms with Gasteiger partial charge in [0.1, 0.15) is 17.2 Å². The van der Waals surface area contributed by atoms with Crippen LogP contribution in [0, 0.1) is 18.7 Å². The van der Waals surface area contributed by atoms with Crippen LogP contribution in [0.4, 0.5) is 4.39 Å². The zero-order chi connectivity index (χ0) is 22.2. The molecule has 1 fully saturated rings. The van der Waals surface area contributed by atoms with Gasteiger partial charge in [0.25, 0.3) is 0 Å². The Morgan fingerprint density at radius 1 is 1.00 bits per heavy atom. The third kappa shape index (κ3) is 4.16. The van der Waals surface area contributed by atoms with E-state index in [0.29, 0.717) is 31.0 Å². The van der Waals surface area contributed by atoms with Crippen molar-refractivity contribution in [3.05, 3.63) is 94.8 Å². The summed E-state index contributed by atoms with van der Waals surface area (Å²) in [5, 5.41) is 9.94. The number of fused-ring (bicyclic) bond motifs is 1. The Morgan fingerprint density at radius 2 is 1.72 bits per heavy atom. The fraction of sp³-hybridized carbons (Fsp3) is 0.222. The van der Waals surface area contributed by atoms with E-state index >= 15 is 0 Å². The lowest BCUT2D eigenvalue weighted by Gasteiger charge is -2.36. The molecule has 0 amide bonds. The number of rotatable bonds is 6. The van der Waals surface area contributed by atoms with Crippen molar-refractivity contribution in [3.8, 4) is 11.3 Å². The molecule has 1 aliphatic heterocycles. The number of likely N-dealkylation sites (tertiary alicyclic amines) is 1. The van der Waals surface area contributed by atoms with E-state index in [-0.39, 0.29) is 11.7 Å². The second-order valence-electron chi connectivity index (χ2n) is 8.69. The van der Waals surface area contributed by atoms with E-state index in [9.17, 15) is 9.18 Å². The smallest absolute Gasteiger partial charge is 0.309 e. The van der Waals surface area contributed by atoms with E-state index in [1.54, 1.807) is 6.07 Å². The second-order valence-corrected chi connectivity index (χ2v) is 8.69. The van der Waals surface area contributed by atoms with Crippen LogP contribution in [0.2, 0.25) is 0 Å². The Kier molecular flexibility index (Phi) is 5.27. The summed E-state index contributed by atoms with van der Waals surface area (Å²) < 4.78 is 20.8. The van der Waals surface area contributed by atoms with Gasteiger partial charge < -0.3 is 9.52 Å². The Labute approximate surface area is 185 Å². The first-order chi connectivity index (χ1) is 15.4. The average molecular weight is 429 g/mol. The van der Waals surface area contributed by atoms with Crippen molar-refractivity contribution in [2.24, 2.45) is 5.92 Å². The number of aliphatic carboxylic acids is 1. The fourth-order valence-corrected chi connectivity index (χ4v) is 4.25. The summed E-state index contributed by atoms with van der Waals surface area (Å²) in [7, 11) is 0. The molecular weight excluding hydrogens is 405 g/mol. The number of aryl methyl sites for hydroxylation is 1. The standard InChI is InChI=1S/C27H24FNO3/c1-17-2-4-18(5-3-17)10-19-7-9-25-21(11-19)13-26(32-25)23-8-6-20(12-24(23)28)14-29-15-22(16-29)27(30)31/h2-9,11-13,22H,10,14-16H2,1H3,(H,30,31). The van der Waals surface area contributed by atoms with Crippen molar-refractivity contribution < 1.29 is 18.7 Å². The van der Waals surface area contributed by atoms with E-state index in [0.717, 1.165) is 23.0 Å². The molecule has 0 atom stereocenters. The van der Waals surface area contributed by atoms with Crippen molar-refractivity contribution >= 4 is 16.9 Å². The molecular formula is C27H24FNO3. The molecule has 4 aromatic rings. The highest BCUT2D eigenvalue weighted by Gasteiger charge is 2.32. The van der Waals surface area contributed by atoms with Gasteiger partial charge in [-0.05, 0) is 60.4 Å². The molecule has 3 aromatic carbocycles. The van der Waals surface area contributed by atoms with Crippen LogP contribution < -0.4 is 0 Å². The summed E-state index contributed by atoms with van der Waals surface area (Å²) in [6.07, 6.45) is 0.832. The molecule has 1 aliphatic rings. The van der Waals surface area contributed by atoms with E-state index in [4.69, 9.17) is 9.52 Å². The Bertz CT molecular complexity index is 1290. The Balaban J connectivity index is 1.33. The second kappa shape index (κ2) is 8.24. The van der Waals surface area contributed by atoms with Crippen molar-refractivity contribution in [1.82, 2.24) is 4.90 Å². The number of hydrogen-bond donors (Lipinski definition) is 1. The molecule has 0 bridgehead atoms. The first kappa shape index (κ1) is 20.5. The molecule has 0 saturated carbocycles. The Morgan fingerprint density at radius 3 is 2.44 bits per heavy atom. The van der Waals surface area contributed by atoms with Crippen molar-refractivity contribution in [2.75, 3.05) is 13.1 Å². The van der Waals surface area contributed by atoms with Crippen LogP contribution in [0.25, 0.3) is 22.3 Å². The third-order valence-corrected chi connectivity index (χ3v) is 6.12. The lowest BCUT2D eigenvalue weighted by molar-refractivity contribution is -0.147. The molecule has 1 aromatic heterocycles. The molecule has 1 saturated heterocycles. The van der Waals surface area contributed by atoms with E-state index < -0.39 is 5.97 Å². The van der Waals surface area contributed by atoms with Crippen LogP contribution in [0.3, 0.4) is 0 Å². The first-order valence-corrected chi connectivity index (χ1v) is 10.8. The number of halogens is 1. The number of furan rings is 1. The van der Waals surface area contributed by atoms with Crippen molar-refractivity contribution in [1.29, 1.82) is 0 Å². The predicted octanol–water partition coefficient (Wildman–Crippen LogP) is 5.65. The van der Waals surface area contributed by atoms with Crippen LogP contribution in [-0.4, -0.2) is 29.1 Å². The maximum atomic E-state index is 14.9. The van der Waals surface area contributed by atoms with Crippen LogP contribution >= 0.6 is 0 Å². The van der Waals surface area contributed by atoms with E-state index in [2.05, 4.69) is 37.3 Å². The minimum atomic E-state index is -0.769. The lowest BCUT2D eigenvalue weighted by atomic mass is 9.99. The highest BCUT2D eigenvalue weighted by molar-refractivity contribution is 5.83. The maximum absolute atomic E-state index is 14.9. The van der Waals surface area contributed by atoms with E-state index in [1.807, 2.05) is 29.2 Å². The number of nitrogens with zero attached hydrogens (tertiary/aromatic N) is 1. The molecule has 5 heteroatoms. The summed E-state index contributed by atoms with van der Waals surface area (Å²) in [6, 6.07) is 21.6. The number of carboxylic acid groups (broad SMARTS) is 1. The Hall–Kier alpha value is -3.44. The number of hydrogen-bond acceptors (Lipinski definition) is 3. The summed E-state index contributed by atoms with van der Waals surface area (Å²) in [4.78, 5) is 12.9. The molecule has 162 valence electrons. The topological polar surface area (TPSA) is 53.7 Å². The largest absolute Gasteiger partial charge is 0.481 e.